The molecule has 1 amide bonds. The summed E-state index contributed by atoms with van der Waals surface area (Å²) in [5, 5.41) is 3.04. The van der Waals surface area contributed by atoms with Gasteiger partial charge in [0, 0.05) is 18.2 Å². The summed E-state index contributed by atoms with van der Waals surface area (Å²) in [6.07, 6.45) is 3.00. The molecule has 0 spiro atoms. The van der Waals surface area contributed by atoms with E-state index in [1.165, 1.54) is 5.57 Å². The first-order valence-corrected chi connectivity index (χ1v) is 8.86. The minimum atomic E-state index is -0.147. The molecule has 1 aromatic carbocycles. The van der Waals surface area contributed by atoms with Crippen molar-refractivity contribution < 1.29 is 23.7 Å². The predicted molar refractivity (Wildman–Crippen MR) is 99.8 cm³/mol. The molecule has 6 heteroatoms. The van der Waals surface area contributed by atoms with Gasteiger partial charge in [-0.2, -0.15) is 0 Å². The molecule has 0 unspecified atom stereocenters. The van der Waals surface area contributed by atoms with Crippen molar-refractivity contribution in [3.05, 3.63) is 35.4 Å². The highest BCUT2D eigenvalue weighted by Crippen LogP contribution is 2.25. The molecule has 2 rings (SSSR count). The first-order chi connectivity index (χ1) is 12.5. The van der Waals surface area contributed by atoms with Crippen molar-refractivity contribution in [2.75, 3.05) is 34.0 Å². The third-order valence-electron chi connectivity index (χ3n) is 4.29. The van der Waals surface area contributed by atoms with Gasteiger partial charge in [0.2, 0.25) is 5.91 Å². The van der Waals surface area contributed by atoms with Crippen LogP contribution in [-0.4, -0.2) is 52.1 Å². The molecule has 1 heterocycles. The van der Waals surface area contributed by atoms with Crippen molar-refractivity contribution in [1.29, 1.82) is 0 Å². The van der Waals surface area contributed by atoms with Crippen molar-refractivity contribution in [3.8, 4) is 11.5 Å². The number of rotatable bonds is 8. The minimum absolute atomic E-state index is 0.0407. The smallest absolute Gasteiger partial charge is 0.224 e. The van der Waals surface area contributed by atoms with Gasteiger partial charge < -0.3 is 24.3 Å². The standard InChI is InChI=1S/C20H29NO5/c1-14(2)7-10-26-18-8-9-25-13-17(18)21-20(22)11-15-5-6-16(23-3)12-19(15)24-4/h5-7,12,17-18H,8-11,13H2,1-4H3,(H,21,22)/t17-,18+/m1/s1. The number of ether oxygens (including phenoxy) is 4. The Balaban J connectivity index is 1.95. The highest BCUT2D eigenvalue weighted by atomic mass is 16.5. The molecular weight excluding hydrogens is 334 g/mol. The Morgan fingerprint density at radius 1 is 1.31 bits per heavy atom. The van der Waals surface area contributed by atoms with Crippen LogP contribution in [-0.2, 0) is 20.7 Å². The third-order valence-corrected chi connectivity index (χ3v) is 4.29. The molecule has 1 N–H and O–H groups in total. The zero-order chi connectivity index (χ0) is 18.9. The van der Waals surface area contributed by atoms with Crippen LogP contribution < -0.4 is 14.8 Å². The zero-order valence-electron chi connectivity index (χ0n) is 16.0. The van der Waals surface area contributed by atoms with E-state index in [1.54, 1.807) is 20.3 Å². The van der Waals surface area contributed by atoms with E-state index in [1.807, 2.05) is 32.1 Å². The Morgan fingerprint density at radius 2 is 2.12 bits per heavy atom. The monoisotopic (exact) mass is 363 g/mol. The number of nitrogens with one attached hydrogen (secondary N) is 1. The van der Waals surface area contributed by atoms with E-state index in [9.17, 15) is 4.79 Å². The van der Waals surface area contributed by atoms with E-state index in [-0.39, 0.29) is 24.5 Å². The van der Waals surface area contributed by atoms with Crippen LogP contribution in [0.5, 0.6) is 11.5 Å². The van der Waals surface area contributed by atoms with Crippen LogP contribution in [0, 0.1) is 0 Å². The van der Waals surface area contributed by atoms with Gasteiger partial charge in [0.05, 0.1) is 46.0 Å². The van der Waals surface area contributed by atoms with Gasteiger partial charge in [0.25, 0.3) is 0 Å². The van der Waals surface area contributed by atoms with Gasteiger partial charge >= 0.3 is 0 Å². The summed E-state index contributed by atoms with van der Waals surface area (Å²) in [6, 6.07) is 5.29. The lowest BCUT2D eigenvalue weighted by molar-refractivity contribution is -0.125. The second-order valence-corrected chi connectivity index (χ2v) is 6.55. The van der Waals surface area contributed by atoms with Gasteiger partial charge in [-0.25, -0.2) is 0 Å². The summed E-state index contributed by atoms with van der Waals surface area (Å²) in [7, 11) is 3.18. The highest BCUT2D eigenvalue weighted by molar-refractivity contribution is 5.79. The second kappa shape index (κ2) is 10.2. The fourth-order valence-electron chi connectivity index (χ4n) is 2.82. The highest BCUT2D eigenvalue weighted by Gasteiger charge is 2.28. The lowest BCUT2D eigenvalue weighted by atomic mass is 10.1. The maximum atomic E-state index is 12.5. The molecule has 144 valence electrons. The van der Waals surface area contributed by atoms with Gasteiger partial charge in [-0.1, -0.05) is 17.7 Å². The van der Waals surface area contributed by atoms with Crippen molar-refractivity contribution >= 4 is 5.91 Å². The minimum Gasteiger partial charge on any atom is -0.497 e. The van der Waals surface area contributed by atoms with Crippen LogP contribution in [0.4, 0.5) is 0 Å². The molecule has 0 aromatic heterocycles. The molecular formula is C20H29NO5. The number of carbonyl (C=O) groups excluding carboxylic acids is 1. The normalized spacial score (nSPS) is 19.5. The van der Waals surface area contributed by atoms with E-state index in [2.05, 4.69) is 5.32 Å². The SMILES string of the molecule is COc1ccc(CC(=O)N[C@@H]2COCC[C@@H]2OCC=C(C)C)c(OC)c1. The van der Waals surface area contributed by atoms with Crippen molar-refractivity contribution in [1.82, 2.24) is 5.32 Å². The maximum Gasteiger partial charge on any atom is 0.224 e. The molecule has 0 aliphatic carbocycles. The van der Waals surface area contributed by atoms with Gasteiger partial charge in [-0.15, -0.1) is 0 Å². The summed E-state index contributed by atoms with van der Waals surface area (Å²) in [5.41, 5.74) is 2.02. The van der Waals surface area contributed by atoms with E-state index >= 15 is 0 Å². The summed E-state index contributed by atoms with van der Waals surface area (Å²) < 4.78 is 22.0. The number of hydrogen-bond acceptors (Lipinski definition) is 5. The summed E-state index contributed by atoms with van der Waals surface area (Å²) in [5.74, 6) is 1.25. The van der Waals surface area contributed by atoms with Crippen LogP contribution in [0.3, 0.4) is 0 Å². The van der Waals surface area contributed by atoms with Gasteiger partial charge in [-0.05, 0) is 26.3 Å². The van der Waals surface area contributed by atoms with Crippen LogP contribution in [0.1, 0.15) is 25.8 Å². The Kier molecular flexibility index (Phi) is 7.94. The van der Waals surface area contributed by atoms with E-state index in [4.69, 9.17) is 18.9 Å². The molecule has 6 nitrogen and oxygen atoms in total. The first kappa shape index (κ1) is 20.3. The van der Waals surface area contributed by atoms with Crippen molar-refractivity contribution in [2.24, 2.45) is 0 Å². The largest absolute Gasteiger partial charge is 0.497 e. The van der Waals surface area contributed by atoms with Crippen LogP contribution in [0.2, 0.25) is 0 Å². The van der Waals surface area contributed by atoms with E-state index < -0.39 is 0 Å². The Labute approximate surface area is 155 Å². The molecule has 1 aliphatic rings. The molecule has 0 bridgehead atoms. The van der Waals surface area contributed by atoms with Crippen molar-refractivity contribution in [3.63, 3.8) is 0 Å². The third kappa shape index (κ3) is 6.04. The van der Waals surface area contributed by atoms with Crippen molar-refractivity contribution in [2.45, 2.75) is 38.8 Å². The molecule has 2 atom stereocenters. The van der Waals surface area contributed by atoms with Crippen LogP contribution in [0.25, 0.3) is 0 Å². The van der Waals surface area contributed by atoms with Gasteiger partial charge in [0.1, 0.15) is 11.5 Å². The summed E-state index contributed by atoms with van der Waals surface area (Å²) in [4.78, 5) is 12.5. The average Bonchev–Trinajstić information content (AvgIpc) is 2.63. The Morgan fingerprint density at radius 3 is 2.81 bits per heavy atom. The lowest BCUT2D eigenvalue weighted by Crippen LogP contribution is -2.51. The molecule has 1 fully saturated rings. The van der Waals surface area contributed by atoms with E-state index in [0.29, 0.717) is 31.3 Å². The predicted octanol–water partition coefficient (Wildman–Crippen LogP) is 2.50. The molecule has 0 saturated carbocycles. The van der Waals surface area contributed by atoms with Gasteiger partial charge in [-0.3, -0.25) is 4.79 Å². The van der Waals surface area contributed by atoms with Crippen LogP contribution in [0.15, 0.2) is 29.8 Å². The molecule has 26 heavy (non-hydrogen) atoms. The summed E-state index contributed by atoms with van der Waals surface area (Å²) >= 11 is 0. The molecule has 0 radical (unpaired) electrons. The lowest BCUT2D eigenvalue weighted by Gasteiger charge is -2.32. The Bertz CT molecular complexity index is 625. The molecule has 1 aromatic rings. The quantitative estimate of drug-likeness (QED) is 0.719. The molecule has 1 aliphatic heterocycles. The summed E-state index contributed by atoms with van der Waals surface area (Å²) in [6.45, 7) is 5.73. The number of allylic oxidation sites excluding steroid dienone is 1. The fourth-order valence-corrected chi connectivity index (χ4v) is 2.82. The fraction of sp³-hybridized carbons (Fsp3) is 0.550. The second-order valence-electron chi connectivity index (χ2n) is 6.55. The number of hydrogen-bond donors (Lipinski definition) is 1. The molecule has 1 saturated heterocycles. The number of carbonyl (C=O) groups is 1. The number of amides is 1. The topological polar surface area (TPSA) is 66.0 Å². The van der Waals surface area contributed by atoms with Crippen LogP contribution >= 0.6 is 0 Å². The maximum absolute atomic E-state index is 12.5. The van der Waals surface area contributed by atoms with Gasteiger partial charge in [0.15, 0.2) is 0 Å². The zero-order valence-corrected chi connectivity index (χ0v) is 16.0. The Hall–Kier alpha value is -2.05. The average molecular weight is 363 g/mol. The van der Waals surface area contributed by atoms with E-state index in [0.717, 1.165) is 12.0 Å². The number of methoxy groups -OCH3 is 2. The number of benzene rings is 1. The first-order valence-electron chi connectivity index (χ1n) is 8.86.